The molecule has 0 spiro atoms. The lowest BCUT2D eigenvalue weighted by atomic mass is 9.94. The van der Waals surface area contributed by atoms with Crippen LogP contribution in [-0.4, -0.2) is 50.8 Å². The Hall–Kier alpha value is -3.23. The molecule has 1 fully saturated rings. The van der Waals surface area contributed by atoms with Crippen LogP contribution in [0.3, 0.4) is 0 Å². The van der Waals surface area contributed by atoms with Crippen molar-refractivity contribution >= 4 is 50.7 Å². The topological polar surface area (TPSA) is 79.6 Å². The highest BCUT2D eigenvalue weighted by Crippen LogP contribution is 2.35. The fraction of sp³-hybridized carbons (Fsp3) is 0.286. The minimum atomic E-state index is -0.343. The SMILES string of the molecule is O=C1CC(C(=O)N2CCC(CNc3cc(-c4ccccc4Cl)nc4c(Br)cnn34)CC2)c2ccccc21. The highest BCUT2D eigenvalue weighted by molar-refractivity contribution is 9.10. The van der Waals surface area contributed by atoms with Crippen molar-refractivity contribution in [2.45, 2.75) is 25.2 Å². The van der Waals surface area contributed by atoms with Gasteiger partial charge < -0.3 is 10.2 Å². The Morgan fingerprint density at radius 3 is 2.59 bits per heavy atom. The fourth-order valence-corrected chi connectivity index (χ4v) is 5.96. The molecule has 4 aromatic rings. The Balaban J connectivity index is 1.13. The van der Waals surface area contributed by atoms with Crippen molar-refractivity contribution in [3.05, 3.63) is 81.4 Å². The van der Waals surface area contributed by atoms with Gasteiger partial charge in [-0.25, -0.2) is 4.98 Å². The van der Waals surface area contributed by atoms with E-state index in [1.807, 2.05) is 59.5 Å². The number of nitrogens with one attached hydrogen (secondary N) is 1. The molecule has 1 aliphatic heterocycles. The molecule has 0 bridgehead atoms. The minimum Gasteiger partial charge on any atom is -0.370 e. The van der Waals surface area contributed by atoms with Crippen molar-refractivity contribution in [2.75, 3.05) is 25.0 Å². The van der Waals surface area contributed by atoms with Crippen molar-refractivity contribution < 1.29 is 9.59 Å². The predicted molar refractivity (Wildman–Crippen MR) is 147 cm³/mol. The number of nitrogens with zero attached hydrogens (tertiary/aromatic N) is 4. The number of rotatable bonds is 5. The van der Waals surface area contributed by atoms with Gasteiger partial charge in [-0.2, -0.15) is 9.61 Å². The number of aromatic nitrogens is 3. The summed E-state index contributed by atoms with van der Waals surface area (Å²) in [5, 5.41) is 8.68. The second-order valence-corrected chi connectivity index (χ2v) is 10.9. The Morgan fingerprint density at radius 2 is 1.81 bits per heavy atom. The maximum absolute atomic E-state index is 13.3. The molecule has 0 saturated carbocycles. The number of amides is 1. The average Bonchev–Trinajstić information content (AvgIpc) is 3.47. The standard InChI is InChI=1S/C28H25BrClN5O2/c29-22-16-32-35-26(14-24(33-27(22)35)20-7-3-4-8-23(20)30)31-15-17-9-11-34(12-10-17)28(37)21-13-25(36)19-6-2-1-5-18(19)21/h1-8,14,16-17,21,31H,9-13,15H2. The first-order chi connectivity index (χ1) is 18.0. The van der Waals surface area contributed by atoms with Crippen molar-refractivity contribution in [3.63, 3.8) is 0 Å². The van der Waals surface area contributed by atoms with Crippen LogP contribution in [0.25, 0.3) is 16.9 Å². The molecule has 1 saturated heterocycles. The van der Waals surface area contributed by atoms with Gasteiger partial charge in [-0.15, -0.1) is 0 Å². The van der Waals surface area contributed by atoms with E-state index in [0.29, 0.717) is 35.2 Å². The van der Waals surface area contributed by atoms with Crippen LogP contribution >= 0.6 is 27.5 Å². The summed E-state index contributed by atoms with van der Waals surface area (Å²) in [7, 11) is 0. The van der Waals surface area contributed by atoms with Crippen molar-refractivity contribution in [2.24, 2.45) is 5.92 Å². The van der Waals surface area contributed by atoms with Gasteiger partial charge in [0.25, 0.3) is 0 Å². The van der Waals surface area contributed by atoms with Crippen LogP contribution in [-0.2, 0) is 4.79 Å². The molecule has 7 nitrogen and oxygen atoms in total. The third kappa shape index (κ3) is 4.53. The molecule has 188 valence electrons. The molecule has 2 aromatic carbocycles. The molecular formula is C28H25BrClN5O2. The Kier molecular flexibility index (Phi) is 6.46. The number of hydrogen-bond donors (Lipinski definition) is 1. The number of piperidine rings is 1. The van der Waals surface area contributed by atoms with Gasteiger partial charge in [0, 0.05) is 48.3 Å². The summed E-state index contributed by atoms with van der Waals surface area (Å²) < 4.78 is 2.60. The molecule has 9 heteroatoms. The zero-order chi connectivity index (χ0) is 25.5. The maximum Gasteiger partial charge on any atom is 0.230 e. The van der Waals surface area contributed by atoms with Gasteiger partial charge in [0.1, 0.15) is 5.82 Å². The van der Waals surface area contributed by atoms with Gasteiger partial charge >= 0.3 is 0 Å². The van der Waals surface area contributed by atoms with E-state index in [0.717, 1.165) is 46.5 Å². The summed E-state index contributed by atoms with van der Waals surface area (Å²) in [6.45, 7) is 2.15. The highest BCUT2D eigenvalue weighted by atomic mass is 79.9. The number of anilines is 1. The third-order valence-electron chi connectivity index (χ3n) is 7.40. The van der Waals surface area contributed by atoms with E-state index in [9.17, 15) is 9.59 Å². The van der Waals surface area contributed by atoms with E-state index in [1.54, 1.807) is 10.7 Å². The lowest BCUT2D eigenvalue weighted by molar-refractivity contribution is -0.134. The summed E-state index contributed by atoms with van der Waals surface area (Å²) in [5.41, 5.74) is 3.93. The second kappa shape index (κ2) is 9.91. The predicted octanol–water partition coefficient (Wildman–Crippen LogP) is 5.83. The zero-order valence-corrected chi connectivity index (χ0v) is 22.4. The van der Waals surface area contributed by atoms with Crippen molar-refractivity contribution in [1.82, 2.24) is 19.5 Å². The number of Topliss-reactive ketones (excluding diaryl/α,β-unsaturated/α-hetero) is 1. The van der Waals surface area contributed by atoms with Crippen molar-refractivity contribution in [1.29, 1.82) is 0 Å². The summed E-state index contributed by atoms with van der Waals surface area (Å²) >= 11 is 10.0. The van der Waals surface area contributed by atoms with E-state index in [-0.39, 0.29) is 24.0 Å². The molecule has 1 atom stereocenters. The van der Waals surface area contributed by atoms with Gasteiger partial charge in [0.2, 0.25) is 5.91 Å². The molecule has 1 aliphatic carbocycles. The molecule has 1 N–H and O–H groups in total. The van der Waals surface area contributed by atoms with Crippen LogP contribution in [0.15, 0.2) is 65.3 Å². The van der Waals surface area contributed by atoms with Gasteiger partial charge in [-0.3, -0.25) is 9.59 Å². The highest BCUT2D eigenvalue weighted by Gasteiger charge is 2.37. The van der Waals surface area contributed by atoms with Crippen LogP contribution in [0, 0.1) is 5.92 Å². The van der Waals surface area contributed by atoms with E-state index >= 15 is 0 Å². The number of ketones is 1. The maximum atomic E-state index is 13.3. The average molecular weight is 579 g/mol. The number of benzene rings is 2. The molecule has 1 amide bonds. The van der Waals surface area contributed by atoms with E-state index in [2.05, 4.69) is 26.3 Å². The first-order valence-corrected chi connectivity index (χ1v) is 13.6. The second-order valence-electron chi connectivity index (χ2n) is 9.65. The lowest BCUT2D eigenvalue weighted by Gasteiger charge is -2.34. The molecular weight excluding hydrogens is 554 g/mol. The summed E-state index contributed by atoms with van der Waals surface area (Å²) in [6, 6.07) is 17.1. The number of hydrogen-bond acceptors (Lipinski definition) is 5. The van der Waals surface area contributed by atoms with Gasteiger partial charge in [0.05, 0.1) is 22.3 Å². The normalized spacial score (nSPS) is 17.8. The van der Waals surface area contributed by atoms with Crippen LogP contribution in [0.1, 0.15) is 41.1 Å². The minimum absolute atomic E-state index is 0.0677. The molecule has 3 heterocycles. The van der Waals surface area contributed by atoms with Crippen LogP contribution in [0.2, 0.25) is 5.02 Å². The van der Waals surface area contributed by atoms with Gasteiger partial charge in [-0.1, -0.05) is 54.1 Å². The van der Waals surface area contributed by atoms with E-state index < -0.39 is 0 Å². The smallest absolute Gasteiger partial charge is 0.230 e. The number of likely N-dealkylation sites (tertiary alicyclic amines) is 1. The number of carbonyl (C=O) groups is 2. The van der Waals surface area contributed by atoms with Crippen molar-refractivity contribution in [3.8, 4) is 11.3 Å². The molecule has 0 radical (unpaired) electrons. The van der Waals surface area contributed by atoms with Crippen LogP contribution in [0.4, 0.5) is 5.82 Å². The lowest BCUT2D eigenvalue weighted by Crippen LogP contribution is -2.42. The molecule has 1 unspecified atom stereocenters. The monoisotopic (exact) mass is 577 g/mol. The number of carbonyl (C=O) groups excluding carboxylic acids is 2. The Morgan fingerprint density at radius 1 is 1.08 bits per heavy atom. The molecule has 2 aliphatic rings. The van der Waals surface area contributed by atoms with Crippen LogP contribution < -0.4 is 5.32 Å². The molecule has 2 aromatic heterocycles. The van der Waals surface area contributed by atoms with Crippen LogP contribution in [0.5, 0.6) is 0 Å². The largest absolute Gasteiger partial charge is 0.370 e. The molecule has 37 heavy (non-hydrogen) atoms. The number of fused-ring (bicyclic) bond motifs is 2. The molecule has 6 rings (SSSR count). The first-order valence-electron chi connectivity index (χ1n) is 12.4. The van der Waals surface area contributed by atoms with Gasteiger partial charge in [0.15, 0.2) is 11.4 Å². The zero-order valence-electron chi connectivity index (χ0n) is 20.0. The summed E-state index contributed by atoms with van der Waals surface area (Å²) in [5.74, 6) is 1.05. The summed E-state index contributed by atoms with van der Waals surface area (Å²) in [6.07, 6.45) is 3.82. The Labute approximate surface area is 228 Å². The Bertz CT molecular complexity index is 1510. The van der Waals surface area contributed by atoms with E-state index in [1.165, 1.54) is 0 Å². The summed E-state index contributed by atoms with van der Waals surface area (Å²) in [4.78, 5) is 32.3. The first kappa shape index (κ1) is 24.1. The quantitative estimate of drug-likeness (QED) is 0.322. The van der Waals surface area contributed by atoms with E-state index in [4.69, 9.17) is 16.6 Å². The number of halogens is 2. The fourth-order valence-electron chi connectivity index (χ4n) is 5.38. The third-order valence-corrected chi connectivity index (χ3v) is 8.29. The van der Waals surface area contributed by atoms with Gasteiger partial charge in [-0.05, 0) is 46.3 Å².